The molecule has 5 heteroatoms. The van der Waals surface area contributed by atoms with Crippen molar-refractivity contribution < 1.29 is 12.9 Å². The number of likely N-dealkylation sites (tertiary alicyclic amines) is 1. The molecule has 0 N–H and O–H groups in total. The van der Waals surface area contributed by atoms with Gasteiger partial charge in [0.1, 0.15) is 0 Å². The molecule has 2 atom stereocenters. The summed E-state index contributed by atoms with van der Waals surface area (Å²) in [5, 5.41) is 0. The lowest BCUT2D eigenvalue weighted by molar-refractivity contribution is 0.0686. The number of hydrogen-bond donors (Lipinski definition) is 0. The molecule has 15 heavy (non-hydrogen) atoms. The molecule has 1 nitrogen and oxygen atoms in total. The van der Waals surface area contributed by atoms with Crippen molar-refractivity contribution in [1.82, 2.24) is 4.90 Å². The lowest BCUT2D eigenvalue weighted by Crippen LogP contribution is -2.51. The van der Waals surface area contributed by atoms with Crippen molar-refractivity contribution in [3.63, 3.8) is 0 Å². The first kappa shape index (κ1) is 11.3. The second-order valence-corrected chi connectivity index (χ2v) is 4.96. The van der Waals surface area contributed by atoms with Crippen LogP contribution in [0.5, 0.6) is 0 Å². The molecule has 1 saturated heterocycles. The Morgan fingerprint density at radius 1 is 1.00 bits per heavy atom. The van der Waals surface area contributed by atoms with E-state index in [1.165, 1.54) is 6.42 Å². The molecule has 1 saturated carbocycles. The summed E-state index contributed by atoms with van der Waals surface area (Å²) in [6.45, 7) is -3.99. The van der Waals surface area contributed by atoms with E-state index < -0.39 is 13.4 Å². The van der Waals surface area contributed by atoms with Crippen molar-refractivity contribution in [2.45, 2.75) is 44.6 Å². The van der Waals surface area contributed by atoms with Gasteiger partial charge in [0.2, 0.25) is 0 Å². The zero-order chi connectivity index (χ0) is 10.9. The van der Waals surface area contributed by atoms with Gasteiger partial charge in [-0.05, 0) is 44.6 Å². The monoisotopic (exact) mass is 220 g/mol. The smallest absolute Gasteiger partial charge is 0.448 e. The van der Waals surface area contributed by atoms with Crippen LogP contribution in [0.15, 0.2) is 0 Å². The zero-order valence-electron chi connectivity index (χ0n) is 8.97. The number of nitrogens with zero attached hydrogens (tertiary/aromatic N) is 1. The van der Waals surface area contributed by atoms with Gasteiger partial charge in [-0.15, -0.1) is 0 Å². The van der Waals surface area contributed by atoms with E-state index >= 15 is 0 Å². The Hall–Kier alpha value is -0.185. The van der Waals surface area contributed by atoms with Crippen LogP contribution in [0, 0.1) is 5.92 Å². The van der Waals surface area contributed by atoms with Crippen LogP contribution in [0.1, 0.15) is 38.5 Å². The highest BCUT2D eigenvalue weighted by Crippen LogP contribution is 2.35. The van der Waals surface area contributed by atoms with Crippen molar-refractivity contribution in [3.8, 4) is 0 Å². The summed E-state index contributed by atoms with van der Waals surface area (Å²) in [7, 11) is 0. The molecule has 1 aliphatic heterocycles. The summed E-state index contributed by atoms with van der Waals surface area (Å²) in [4.78, 5) is 1.70. The third-order valence-corrected chi connectivity index (χ3v) is 3.80. The Kier molecular flexibility index (Phi) is 3.28. The molecule has 0 bridgehead atoms. The highest BCUT2D eigenvalue weighted by Gasteiger charge is 2.36. The van der Waals surface area contributed by atoms with Gasteiger partial charge in [0.05, 0.1) is 0 Å². The molecule has 2 fully saturated rings. The van der Waals surface area contributed by atoms with Crippen molar-refractivity contribution in [1.29, 1.82) is 0 Å². The maximum absolute atomic E-state index is 12.4. The van der Waals surface area contributed by atoms with Crippen molar-refractivity contribution in [2.75, 3.05) is 13.0 Å². The first-order valence-corrected chi connectivity index (χ1v) is 6.01. The van der Waals surface area contributed by atoms with Gasteiger partial charge in [-0.2, -0.15) is 0 Å². The standard InChI is InChI=1S/C10H18BF3N/c12-11(13,14)8-15-7-3-5-9-4-1-2-6-10(9)15/h9-10H,1-8H2/q-1/t9-,10-/m0/s1. The molecule has 0 radical (unpaired) electrons. The predicted molar refractivity (Wildman–Crippen MR) is 55.6 cm³/mol. The van der Waals surface area contributed by atoms with Crippen LogP contribution in [0.3, 0.4) is 0 Å². The minimum Gasteiger partial charge on any atom is -0.448 e. The van der Waals surface area contributed by atoms with Gasteiger partial charge in [0, 0.05) is 6.04 Å². The highest BCUT2D eigenvalue weighted by molar-refractivity contribution is 6.58. The van der Waals surface area contributed by atoms with E-state index in [-0.39, 0.29) is 6.04 Å². The molecule has 0 amide bonds. The van der Waals surface area contributed by atoms with Gasteiger partial charge in [0.25, 0.3) is 0 Å². The number of halogens is 3. The van der Waals surface area contributed by atoms with Crippen LogP contribution >= 0.6 is 0 Å². The number of piperidine rings is 1. The Labute approximate surface area is 89.1 Å². The quantitative estimate of drug-likeness (QED) is 0.646. The van der Waals surface area contributed by atoms with Crippen LogP contribution in [0.4, 0.5) is 12.9 Å². The fraction of sp³-hybridized carbons (Fsp3) is 1.00. The third kappa shape index (κ3) is 2.89. The summed E-state index contributed by atoms with van der Waals surface area (Å²) < 4.78 is 37.3. The van der Waals surface area contributed by atoms with Crippen LogP contribution < -0.4 is 0 Å². The normalized spacial score (nSPS) is 33.8. The van der Waals surface area contributed by atoms with Crippen LogP contribution in [0.25, 0.3) is 0 Å². The zero-order valence-corrected chi connectivity index (χ0v) is 8.97. The third-order valence-electron chi connectivity index (χ3n) is 3.80. The minimum atomic E-state index is -4.64. The van der Waals surface area contributed by atoms with E-state index in [4.69, 9.17) is 0 Å². The Balaban J connectivity index is 1.97. The average molecular weight is 220 g/mol. The van der Waals surface area contributed by atoms with Crippen LogP contribution in [-0.2, 0) is 0 Å². The summed E-state index contributed by atoms with van der Waals surface area (Å²) >= 11 is 0. The van der Waals surface area contributed by atoms with Crippen LogP contribution in [-0.4, -0.2) is 30.9 Å². The largest absolute Gasteiger partial charge is 0.492 e. The van der Waals surface area contributed by atoms with Crippen molar-refractivity contribution in [2.24, 2.45) is 5.92 Å². The lowest BCUT2D eigenvalue weighted by atomic mass is 9.76. The maximum Gasteiger partial charge on any atom is 0.492 e. The number of fused-ring (bicyclic) bond motifs is 1. The number of rotatable bonds is 2. The topological polar surface area (TPSA) is 3.24 Å². The van der Waals surface area contributed by atoms with Crippen molar-refractivity contribution >= 4 is 6.98 Å². The van der Waals surface area contributed by atoms with Gasteiger partial charge in [-0.25, -0.2) is 0 Å². The van der Waals surface area contributed by atoms with Crippen molar-refractivity contribution in [3.05, 3.63) is 0 Å². The molecular weight excluding hydrogens is 202 g/mol. The van der Waals surface area contributed by atoms with E-state index in [1.807, 2.05) is 0 Å². The predicted octanol–water partition coefficient (Wildman–Crippen LogP) is 3.03. The summed E-state index contributed by atoms with van der Waals surface area (Å²) in [6, 6.07) is 0.232. The molecule has 2 aliphatic rings. The molecule has 88 valence electrons. The van der Waals surface area contributed by atoms with E-state index in [2.05, 4.69) is 0 Å². The van der Waals surface area contributed by atoms with Gasteiger partial charge < -0.3 is 17.8 Å². The van der Waals surface area contributed by atoms with E-state index in [9.17, 15) is 12.9 Å². The molecule has 0 aromatic carbocycles. The first-order valence-electron chi connectivity index (χ1n) is 6.01. The maximum atomic E-state index is 12.4. The van der Waals surface area contributed by atoms with Gasteiger partial charge in [-0.3, -0.25) is 0 Å². The van der Waals surface area contributed by atoms with Gasteiger partial charge in [0.15, 0.2) is 0 Å². The molecule has 1 heterocycles. The van der Waals surface area contributed by atoms with E-state index in [1.54, 1.807) is 4.90 Å². The van der Waals surface area contributed by atoms with Crippen LogP contribution in [0.2, 0.25) is 0 Å². The average Bonchev–Trinajstić information content (AvgIpc) is 2.16. The molecule has 0 aromatic rings. The molecule has 1 aliphatic carbocycles. The second-order valence-electron chi connectivity index (χ2n) is 4.96. The SMILES string of the molecule is F[B-](F)(F)CN1CCC[C@@H]2CCCC[C@@H]21. The fourth-order valence-corrected chi connectivity index (χ4v) is 3.22. The summed E-state index contributed by atoms with van der Waals surface area (Å²) in [5.74, 6) is 0.547. The second kappa shape index (κ2) is 4.36. The lowest BCUT2D eigenvalue weighted by Gasteiger charge is -2.46. The Bertz CT molecular complexity index is 217. The Morgan fingerprint density at radius 3 is 2.40 bits per heavy atom. The fourth-order valence-electron chi connectivity index (χ4n) is 3.22. The molecule has 0 unspecified atom stereocenters. The highest BCUT2D eigenvalue weighted by atomic mass is 19.4. The molecule has 0 aromatic heterocycles. The molecule has 0 spiro atoms. The van der Waals surface area contributed by atoms with E-state index in [0.29, 0.717) is 12.5 Å². The number of hydrogen-bond acceptors (Lipinski definition) is 1. The summed E-state index contributed by atoms with van der Waals surface area (Å²) in [5.41, 5.74) is 0. The molecule has 2 rings (SSSR count). The van der Waals surface area contributed by atoms with Gasteiger partial charge >= 0.3 is 6.98 Å². The Morgan fingerprint density at radius 2 is 1.67 bits per heavy atom. The van der Waals surface area contributed by atoms with E-state index in [0.717, 1.165) is 32.1 Å². The molecular formula is C10H18BF3N-. The first-order chi connectivity index (χ1) is 7.06. The van der Waals surface area contributed by atoms with Gasteiger partial charge in [-0.1, -0.05) is 12.8 Å². The summed E-state index contributed by atoms with van der Waals surface area (Å²) in [6.07, 6.45) is 5.91. The minimum absolute atomic E-state index is 0.232.